The van der Waals surface area contributed by atoms with Gasteiger partial charge in [0.2, 0.25) is 0 Å². The van der Waals surface area contributed by atoms with Gasteiger partial charge in [0.05, 0.1) is 5.92 Å². The van der Waals surface area contributed by atoms with E-state index in [4.69, 9.17) is 5.11 Å². The molecule has 2 rings (SSSR count). The van der Waals surface area contributed by atoms with Crippen LogP contribution in [-0.2, 0) is 4.79 Å². The third kappa shape index (κ3) is 3.15. The summed E-state index contributed by atoms with van der Waals surface area (Å²) in [6.45, 7) is 2.74. The van der Waals surface area contributed by atoms with Gasteiger partial charge in [-0.1, -0.05) is 12.8 Å². The average molecular weight is 254 g/mol. The summed E-state index contributed by atoms with van der Waals surface area (Å²) in [5, 5.41) is 9.04. The standard InChI is InChI=1S/C13H22N2O3/c16-12(17)11-6-5-9-15(10-11)13(18)14-7-3-1-2-4-8-14/h11H,1-10H2,(H,16,17)/t11-/m1/s1. The molecular formula is C13H22N2O3. The van der Waals surface area contributed by atoms with Crippen molar-refractivity contribution < 1.29 is 14.7 Å². The van der Waals surface area contributed by atoms with Gasteiger partial charge < -0.3 is 14.9 Å². The van der Waals surface area contributed by atoms with Crippen molar-refractivity contribution in [1.29, 1.82) is 0 Å². The number of urea groups is 1. The Labute approximate surface area is 108 Å². The highest BCUT2D eigenvalue weighted by molar-refractivity contribution is 5.76. The SMILES string of the molecule is O=C(O)[C@@H]1CCCN(C(=O)N2CCCCCC2)C1. The number of hydrogen-bond acceptors (Lipinski definition) is 2. The average Bonchev–Trinajstić information content (AvgIpc) is 2.67. The maximum absolute atomic E-state index is 12.3. The fourth-order valence-electron chi connectivity index (χ4n) is 2.81. The van der Waals surface area contributed by atoms with E-state index >= 15 is 0 Å². The summed E-state index contributed by atoms with van der Waals surface area (Å²) in [6, 6.07) is 0.0443. The Bertz CT molecular complexity index is 311. The van der Waals surface area contributed by atoms with Crippen molar-refractivity contribution in [2.45, 2.75) is 38.5 Å². The van der Waals surface area contributed by atoms with Crippen molar-refractivity contribution in [3.63, 3.8) is 0 Å². The van der Waals surface area contributed by atoms with Gasteiger partial charge in [-0.05, 0) is 25.7 Å². The number of carboxylic acid groups (broad SMARTS) is 1. The first-order chi connectivity index (χ1) is 8.68. The Hall–Kier alpha value is -1.26. The van der Waals surface area contributed by atoms with Crippen molar-refractivity contribution >= 4 is 12.0 Å². The number of likely N-dealkylation sites (tertiary alicyclic amines) is 2. The molecule has 0 unspecified atom stereocenters. The summed E-state index contributed by atoms with van der Waals surface area (Å²) in [6.07, 6.45) is 6.03. The van der Waals surface area contributed by atoms with Crippen LogP contribution in [0.5, 0.6) is 0 Å². The second-order valence-electron chi connectivity index (χ2n) is 5.31. The molecule has 2 amide bonds. The second-order valence-corrected chi connectivity index (χ2v) is 5.31. The molecule has 1 atom stereocenters. The fraction of sp³-hybridized carbons (Fsp3) is 0.846. The van der Waals surface area contributed by atoms with E-state index in [9.17, 15) is 9.59 Å². The van der Waals surface area contributed by atoms with Crippen LogP contribution in [0, 0.1) is 5.92 Å². The Morgan fingerprint density at radius 3 is 2.11 bits per heavy atom. The molecule has 2 aliphatic rings. The Morgan fingerprint density at radius 1 is 0.889 bits per heavy atom. The summed E-state index contributed by atoms with van der Waals surface area (Å²) in [4.78, 5) is 27.0. The molecule has 2 heterocycles. The van der Waals surface area contributed by atoms with Crippen molar-refractivity contribution in [3.05, 3.63) is 0 Å². The lowest BCUT2D eigenvalue weighted by molar-refractivity contribution is -0.143. The first-order valence-electron chi connectivity index (χ1n) is 6.95. The van der Waals surface area contributed by atoms with Gasteiger partial charge in [-0.25, -0.2) is 4.79 Å². The maximum Gasteiger partial charge on any atom is 0.320 e. The van der Waals surface area contributed by atoms with E-state index in [0.717, 1.165) is 32.4 Å². The molecule has 18 heavy (non-hydrogen) atoms. The smallest absolute Gasteiger partial charge is 0.320 e. The minimum absolute atomic E-state index is 0.0443. The molecular weight excluding hydrogens is 232 g/mol. The number of piperidine rings is 1. The molecule has 0 aromatic carbocycles. The van der Waals surface area contributed by atoms with Crippen molar-refractivity contribution in [1.82, 2.24) is 9.80 Å². The van der Waals surface area contributed by atoms with Gasteiger partial charge in [0, 0.05) is 26.2 Å². The lowest BCUT2D eigenvalue weighted by Gasteiger charge is -2.34. The zero-order valence-electron chi connectivity index (χ0n) is 10.8. The molecule has 2 saturated heterocycles. The number of carboxylic acids is 1. The van der Waals surface area contributed by atoms with Gasteiger partial charge in [-0.3, -0.25) is 4.79 Å². The summed E-state index contributed by atoms with van der Waals surface area (Å²) >= 11 is 0. The van der Waals surface area contributed by atoms with E-state index in [1.54, 1.807) is 4.90 Å². The predicted octanol–water partition coefficient (Wildman–Crippen LogP) is 1.78. The molecule has 0 aromatic heterocycles. The topological polar surface area (TPSA) is 60.9 Å². The molecule has 2 aliphatic heterocycles. The van der Waals surface area contributed by atoms with Crippen LogP contribution in [0.1, 0.15) is 38.5 Å². The maximum atomic E-state index is 12.3. The van der Waals surface area contributed by atoms with E-state index in [-0.39, 0.29) is 11.9 Å². The number of aliphatic carboxylic acids is 1. The number of amides is 2. The van der Waals surface area contributed by atoms with Gasteiger partial charge in [-0.2, -0.15) is 0 Å². The summed E-state index contributed by atoms with van der Waals surface area (Å²) < 4.78 is 0. The van der Waals surface area contributed by atoms with Gasteiger partial charge in [0.25, 0.3) is 0 Å². The molecule has 5 nitrogen and oxygen atoms in total. The monoisotopic (exact) mass is 254 g/mol. The van der Waals surface area contributed by atoms with Gasteiger partial charge in [-0.15, -0.1) is 0 Å². The van der Waals surface area contributed by atoms with Crippen LogP contribution < -0.4 is 0 Å². The quantitative estimate of drug-likeness (QED) is 0.776. The second kappa shape index (κ2) is 6.07. The highest BCUT2D eigenvalue weighted by atomic mass is 16.4. The summed E-state index contributed by atoms with van der Waals surface area (Å²) in [5.41, 5.74) is 0. The van der Waals surface area contributed by atoms with Crippen LogP contribution in [0.3, 0.4) is 0 Å². The minimum atomic E-state index is -0.775. The number of hydrogen-bond donors (Lipinski definition) is 1. The van der Waals surface area contributed by atoms with Crippen LogP contribution >= 0.6 is 0 Å². The Balaban J connectivity index is 1.92. The number of nitrogens with zero attached hydrogens (tertiary/aromatic N) is 2. The van der Waals surface area contributed by atoms with Gasteiger partial charge in [0.1, 0.15) is 0 Å². The predicted molar refractivity (Wildman–Crippen MR) is 67.4 cm³/mol. The molecule has 0 aromatic rings. The summed E-state index contributed by atoms with van der Waals surface area (Å²) in [7, 11) is 0. The molecule has 1 N–H and O–H groups in total. The first-order valence-corrected chi connectivity index (χ1v) is 6.95. The van der Waals surface area contributed by atoms with Crippen molar-refractivity contribution in [2.75, 3.05) is 26.2 Å². The summed E-state index contributed by atoms with van der Waals surface area (Å²) in [5.74, 6) is -1.15. The van der Waals surface area contributed by atoms with Crippen LogP contribution in [0.2, 0.25) is 0 Å². The Morgan fingerprint density at radius 2 is 1.50 bits per heavy atom. The lowest BCUT2D eigenvalue weighted by atomic mass is 9.98. The van der Waals surface area contributed by atoms with E-state index < -0.39 is 5.97 Å². The fourth-order valence-corrected chi connectivity index (χ4v) is 2.81. The molecule has 0 spiro atoms. The van der Waals surface area contributed by atoms with E-state index in [1.807, 2.05) is 4.90 Å². The van der Waals surface area contributed by atoms with E-state index in [2.05, 4.69) is 0 Å². The van der Waals surface area contributed by atoms with Crippen LogP contribution in [0.25, 0.3) is 0 Å². The van der Waals surface area contributed by atoms with E-state index in [1.165, 1.54) is 12.8 Å². The van der Waals surface area contributed by atoms with Crippen LogP contribution in [0.15, 0.2) is 0 Å². The molecule has 0 bridgehead atoms. The number of carbonyl (C=O) groups is 2. The van der Waals surface area contributed by atoms with Gasteiger partial charge in [0.15, 0.2) is 0 Å². The molecule has 5 heteroatoms. The molecule has 2 fully saturated rings. The van der Waals surface area contributed by atoms with Crippen LogP contribution in [-0.4, -0.2) is 53.1 Å². The Kier molecular flexibility index (Phi) is 4.44. The lowest BCUT2D eigenvalue weighted by Crippen LogP contribution is -2.49. The first kappa shape index (κ1) is 13.2. The third-order valence-corrected chi connectivity index (χ3v) is 3.92. The number of rotatable bonds is 1. The third-order valence-electron chi connectivity index (χ3n) is 3.92. The molecule has 102 valence electrons. The van der Waals surface area contributed by atoms with E-state index in [0.29, 0.717) is 19.5 Å². The van der Waals surface area contributed by atoms with Crippen molar-refractivity contribution in [3.8, 4) is 0 Å². The van der Waals surface area contributed by atoms with Crippen LogP contribution in [0.4, 0.5) is 4.79 Å². The zero-order chi connectivity index (χ0) is 13.0. The largest absolute Gasteiger partial charge is 0.481 e. The highest BCUT2D eigenvalue weighted by Crippen LogP contribution is 2.19. The molecule has 0 radical (unpaired) electrons. The highest BCUT2D eigenvalue weighted by Gasteiger charge is 2.30. The minimum Gasteiger partial charge on any atom is -0.481 e. The normalized spacial score (nSPS) is 25.7. The zero-order valence-corrected chi connectivity index (χ0v) is 10.8. The molecule has 0 aliphatic carbocycles. The molecule has 0 saturated carbocycles. The van der Waals surface area contributed by atoms with Gasteiger partial charge >= 0.3 is 12.0 Å². The number of carbonyl (C=O) groups excluding carboxylic acids is 1. The van der Waals surface area contributed by atoms with Crippen molar-refractivity contribution in [2.24, 2.45) is 5.92 Å².